The summed E-state index contributed by atoms with van der Waals surface area (Å²) in [5, 5.41) is 19.3. The van der Waals surface area contributed by atoms with Crippen LogP contribution in [0, 0.1) is 12.8 Å². The van der Waals surface area contributed by atoms with Crippen molar-refractivity contribution >= 4 is 28.3 Å². The number of rotatable bonds is 3. The zero-order valence-electron chi connectivity index (χ0n) is 7.64. The van der Waals surface area contributed by atoms with Gasteiger partial charge in [-0.15, -0.1) is 10.2 Å². The first kappa shape index (κ1) is 10.6. The molecule has 0 radical (unpaired) electrons. The summed E-state index contributed by atoms with van der Waals surface area (Å²) in [6.45, 7) is 3.06. The molecule has 1 heterocycles. The van der Waals surface area contributed by atoms with Gasteiger partial charge in [0.1, 0.15) is 10.9 Å². The number of nitrogens with zero attached hydrogens (tertiary/aromatic N) is 2. The summed E-state index contributed by atoms with van der Waals surface area (Å²) in [6.07, 6.45) is 0. The van der Waals surface area contributed by atoms with Crippen LogP contribution in [0.15, 0.2) is 0 Å². The van der Waals surface area contributed by atoms with Gasteiger partial charge in [0.25, 0.3) is 0 Å². The summed E-state index contributed by atoms with van der Waals surface area (Å²) in [6, 6.07) is 0. The Morgan fingerprint density at radius 2 is 2.14 bits per heavy atom. The van der Waals surface area contributed by atoms with E-state index in [2.05, 4.69) is 15.5 Å². The lowest BCUT2D eigenvalue weighted by molar-refractivity contribution is -0.144. The number of carbonyl (C=O) groups excluding carboxylic acids is 1. The normalized spacial score (nSPS) is 12.1. The molecular weight excluding hydrogens is 206 g/mol. The van der Waals surface area contributed by atoms with Crippen molar-refractivity contribution in [1.82, 2.24) is 10.2 Å². The minimum Gasteiger partial charge on any atom is -0.481 e. The van der Waals surface area contributed by atoms with Gasteiger partial charge < -0.3 is 5.11 Å². The van der Waals surface area contributed by atoms with Crippen LogP contribution in [0.1, 0.15) is 11.9 Å². The van der Waals surface area contributed by atoms with E-state index in [0.717, 1.165) is 0 Å². The lowest BCUT2D eigenvalue weighted by atomic mass is 10.2. The van der Waals surface area contributed by atoms with Gasteiger partial charge in [0.05, 0.1) is 0 Å². The molecule has 1 aromatic heterocycles. The number of hydrogen-bond acceptors (Lipinski definition) is 5. The highest BCUT2D eigenvalue weighted by atomic mass is 32.1. The van der Waals surface area contributed by atoms with Crippen molar-refractivity contribution in [3.05, 3.63) is 5.01 Å². The number of carbonyl (C=O) groups is 2. The number of aromatic nitrogens is 2. The lowest BCUT2D eigenvalue weighted by Gasteiger charge is -2.03. The number of aryl methyl sites for hydroxylation is 1. The van der Waals surface area contributed by atoms with Crippen LogP contribution in [0.2, 0.25) is 0 Å². The van der Waals surface area contributed by atoms with Crippen LogP contribution in [0.5, 0.6) is 0 Å². The Kier molecular flexibility index (Phi) is 3.13. The van der Waals surface area contributed by atoms with Gasteiger partial charge in [0.15, 0.2) is 0 Å². The number of hydrogen-bond donors (Lipinski definition) is 2. The van der Waals surface area contributed by atoms with E-state index in [0.29, 0.717) is 10.1 Å². The van der Waals surface area contributed by atoms with Crippen molar-refractivity contribution in [1.29, 1.82) is 0 Å². The average Bonchev–Trinajstić information content (AvgIpc) is 2.49. The molecule has 0 aliphatic heterocycles. The first-order valence-corrected chi connectivity index (χ1v) is 4.66. The van der Waals surface area contributed by atoms with Gasteiger partial charge in [-0.05, 0) is 13.8 Å². The molecule has 0 fully saturated rings. The number of amides is 1. The molecule has 1 rings (SSSR count). The fraction of sp³-hybridized carbons (Fsp3) is 0.429. The molecule has 0 spiro atoms. The molecule has 1 unspecified atom stereocenters. The van der Waals surface area contributed by atoms with Crippen LogP contribution in [0.25, 0.3) is 0 Å². The highest BCUT2D eigenvalue weighted by Crippen LogP contribution is 2.14. The van der Waals surface area contributed by atoms with Crippen molar-refractivity contribution in [2.75, 3.05) is 5.32 Å². The van der Waals surface area contributed by atoms with Crippen LogP contribution in [-0.4, -0.2) is 27.2 Å². The SMILES string of the molecule is Cc1nnc(NC(=O)C(C)C(=O)O)s1. The molecule has 1 atom stereocenters. The van der Waals surface area contributed by atoms with Crippen molar-refractivity contribution in [2.45, 2.75) is 13.8 Å². The number of nitrogens with one attached hydrogen (secondary N) is 1. The highest BCUT2D eigenvalue weighted by molar-refractivity contribution is 7.15. The van der Waals surface area contributed by atoms with Crippen molar-refractivity contribution < 1.29 is 14.7 Å². The van der Waals surface area contributed by atoms with Crippen molar-refractivity contribution in [3.8, 4) is 0 Å². The fourth-order valence-electron chi connectivity index (χ4n) is 0.673. The molecule has 7 heteroatoms. The molecule has 1 amide bonds. The third kappa shape index (κ3) is 2.49. The molecule has 0 aliphatic carbocycles. The topological polar surface area (TPSA) is 92.2 Å². The average molecular weight is 215 g/mol. The maximum Gasteiger partial charge on any atom is 0.315 e. The molecule has 0 aliphatic rings. The fourth-order valence-corrected chi connectivity index (χ4v) is 1.27. The maximum absolute atomic E-state index is 11.2. The summed E-state index contributed by atoms with van der Waals surface area (Å²) in [4.78, 5) is 21.7. The van der Waals surface area contributed by atoms with Crippen LogP contribution < -0.4 is 5.32 Å². The maximum atomic E-state index is 11.2. The largest absolute Gasteiger partial charge is 0.481 e. The van der Waals surface area contributed by atoms with E-state index in [9.17, 15) is 9.59 Å². The second kappa shape index (κ2) is 4.14. The molecule has 0 saturated carbocycles. The third-order valence-electron chi connectivity index (χ3n) is 1.52. The number of anilines is 1. The van der Waals surface area contributed by atoms with E-state index in [1.807, 2.05) is 0 Å². The number of aliphatic carboxylic acids is 1. The summed E-state index contributed by atoms with van der Waals surface area (Å²) in [5.41, 5.74) is 0. The molecule has 1 aromatic rings. The van der Waals surface area contributed by atoms with E-state index in [1.165, 1.54) is 18.3 Å². The van der Waals surface area contributed by atoms with E-state index in [-0.39, 0.29) is 0 Å². The minimum absolute atomic E-state index is 0.320. The minimum atomic E-state index is -1.16. The monoisotopic (exact) mass is 215 g/mol. The standard InChI is InChI=1S/C7H9N3O3S/c1-3(6(12)13)5(11)8-7-10-9-4(2)14-7/h3H,1-2H3,(H,12,13)(H,8,10,11). The summed E-state index contributed by atoms with van der Waals surface area (Å²) in [5.74, 6) is -2.84. The van der Waals surface area contributed by atoms with Gasteiger partial charge in [-0.2, -0.15) is 0 Å². The summed E-state index contributed by atoms with van der Waals surface area (Å²) >= 11 is 1.20. The van der Waals surface area contributed by atoms with E-state index in [1.54, 1.807) is 6.92 Å². The van der Waals surface area contributed by atoms with Gasteiger partial charge in [0.2, 0.25) is 11.0 Å². The number of carboxylic acids is 1. The Labute approximate surface area is 84.0 Å². The molecule has 0 aromatic carbocycles. The van der Waals surface area contributed by atoms with Crippen molar-refractivity contribution in [3.63, 3.8) is 0 Å². The summed E-state index contributed by atoms with van der Waals surface area (Å²) in [7, 11) is 0. The predicted molar refractivity (Wildman–Crippen MR) is 50.1 cm³/mol. The van der Waals surface area contributed by atoms with Crippen LogP contribution in [-0.2, 0) is 9.59 Å². The Balaban J connectivity index is 2.61. The highest BCUT2D eigenvalue weighted by Gasteiger charge is 2.21. The van der Waals surface area contributed by atoms with Gasteiger partial charge in [-0.3, -0.25) is 14.9 Å². The van der Waals surface area contributed by atoms with Gasteiger partial charge in [0, 0.05) is 0 Å². The predicted octanol–water partition coefficient (Wildman–Crippen LogP) is 0.506. The zero-order valence-corrected chi connectivity index (χ0v) is 8.46. The first-order chi connectivity index (χ1) is 6.50. The first-order valence-electron chi connectivity index (χ1n) is 3.84. The Morgan fingerprint density at radius 3 is 2.57 bits per heavy atom. The quantitative estimate of drug-likeness (QED) is 0.716. The van der Waals surface area contributed by atoms with E-state index >= 15 is 0 Å². The van der Waals surface area contributed by atoms with Gasteiger partial charge in [-0.25, -0.2) is 0 Å². The Bertz CT molecular complexity index is 363. The van der Waals surface area contributed by atoms with Crippen LogP contribution in [0.4, 0.5) is 5.13 Å². The molecule has 0 bridgehead atoms. The zero-order chi connectivity index (χ0) is 10.7. The van der Waals surface area contributed by atoms with E-state index in [4.69, 9.17) is 5.11 Å². The lowest BCUT2D eigenvalue weighted by Crippen LogP contribution is -2.26. The Hall–Kier alpha value is -1.50. The smallest absolute Gasteiger partial charge is 0.315 e. The van der Waals surface area contributed by atoms with Crippen LogP contribution >= 0.6 is 11.3 Å². The second-order valence-corrected chi connectivity index (χ2v) is 3.86. The molecule has 14 heavy (non-hydrogen) atoms. The van der Waals surface area contributed by atoms with E-state index < -0.39 is 17.8 Å². The second-order valence-electron chi connectivity index (χ2n) is 2.68. The molecule has 6 nitrogen and oxygen atoms in total. The Morgan fingerprint density at radius 1 is 1.50 bits per heavy atom. The third-order valence-corrected chi connectivity index (χ3v) is 2.27. The molecule has 0 saturated heterocycles. The molecule has 76 valence electrons. The molecular formula is C7H9N3O3S. The molecule has 2 N–H and O–H groups in total. The number of carboxylic acid groups (broad SMARTS) is 1. The van der Waals surface area contributed by atoms with Gasteiger partial charge >= 0.3 is 5.97 Å². The van der Waals surface area contributed by atoms with Crippen molar-refractivity contribution in [2.24, 2.45) is 5.92 Å². The summed E-state index contributed by atoms with van der Waals surface area (Å²) < 4.78 is 0. The van der Waals surface area contributed by atoms with Gasteiger partial charge in [-0.1, -0.05) is 11.3 Å². The van der Waals surface area contributed by atoms with Crippen LogP contribution in [0.3, 0.4) is 0 Å².